The lowest BCUT2D eigenvalue weighted by atomic mass is 9.97. The number of sulfonamides is 1. The SMILES string of the molecule is CCOC1(C(=O)O)CN(S(=O)(=O)c2cc3ccccc3s2)C1. The molecule has 2 aromatic rings. The summed E-state index contributed by atoms with van der Waals surface area (Å²) in [5.74, 6) is -1.13. The van der Waals surface area contributed by atoms with E-state index in [2.05, 4.69) is 0 Å². The largest absolute Gasteiger partial charge is 0.479 e. The molecule has 0 amide bonds. The maximum Gasteiger partial charge on any atom is 0.338 e. The molecule has 0 unspecified atom stereocenters. The molecule has 1 aliphatic rings. The zero-order chi connectivity index (χ0) is 16.0. The van der Waals surface area contributed by atoms with E-state index in [0.29, 0.717) is 0 Å². The second-order valence-corrected chi connectivity index (χ2v) is 8.36. The molecule has 1 saturated heterocycles. The smallest absolute Gasteiger partial charge is 0.338 e. The molecule has 0 spiro atoms. The molecule has 1 aromatic carbocycles. The van der Waals surface area contributed by atoms with Gasteiger partial charge in [-0.25, -0.2) is 13.2 Å². The van der Waals surface area contributed by atoms with Crippen LogP contribution in [0.1, 0.15) is 6.92 Å². The number of thiophene rings is 1. The van der Waals surface area contributed by atoms with Gasteiger partial charge in [-0.05, 0) is 24.4 Å². The number of hydrogen-bond donors (Lipinski definition) is 1. The number of ether oxygens (including phenoxy) is 1. The van der Waals surface area contributed by atoms with Gasteiger partial charge in [0.2, 0.25) is 0 Å². The van der Waals surface area contributed by atoms with Crippen LogP contribution < -0.4 is 0 Å². The molecule has 1 fully saturated rings. The molecule has 8 heteroatoms. The zero-order valence-electron chi connectivity index (χ0n) is 11.9. The Balaban J connectivity index is 1.87. The number of carbonyl (C=O) groups is 1. The van der Waals surface area contributed by atoms with E-state index in [0.717, 1.165) is 14.4 Å². The first-order chi connectivity index (χ1) is 10.4. The van der Waals surface area contributed by atoms with Crippen LogP contribution in [0.2, 0.25) is 0 Å². The van der Waals surface area contributed by atoms with Crippen LogP contribution in [0.15, 0.2) is 34.5 Å². The minimum Gasteiger partial charge on any atom is -0.479 e. The van der Waals surface area contributed by atoms with Crippen molar-refractivity contribution < 1.29 is 23.1 Å². The van der Waals surface area contributed by atoms with Crippen molar-refractivity contribution in [1.82, 2.24) is 4.31 Å². The van der Waals surface area contributed by atoms with Gasteiger partial charge >= 0.3 is 5.97 Å². The Morgan fingerprint density at radius 1 is 1.41 bits per heavy atom. The van der Waals surface area contributed by atoms with Gasteiger partial charge in [0.25, 0.3) is 10.0 Å². The molecule has 0 radical (unpaired) electrons. The molecule has 0 saturated carbocycles. The highest BCUT2D eigenvalue weighted by atomic mass is 32.2. The van der Waals surface area contributed by atoms with Crippen molar-refractivity contribution in [1.29, 1.82) is 0 Å². The maximum atomic E-state index is 12.6. The van der Waals surface area contributed by atoms with E-state index in [1.807, 2.05) is 24.3 Å². The van der Waals surface area contributed by atoms with Gasteiger partial charge in [-0.15, -0.1) is 11.3 Å². The van der Waals surface area contributed by atoms with Gasteiger partial charge in [-0.3, -0.25) is 0 Å². The van der Waals surface area contributed by atoms with Gasteiger partial charge in [0.1, 0.15) is 4.21 Å². The summed E-state index contributed by atoms with van der Waals surface area (Å²) in [6, 6.07) is 9.03. The average molecular weight is 341 g/mol. The van der Waals surface area contributed by atoms with Crippen molar-refractivity contribution in [3.63, 3.8) is 0 Å². The summed E-state index contributed by atoms with van der Waals surface area (Å²) in [6.45, 7) is 1.59. The number of hydrogen-bond acceptors (Lipinski definition) is 5. The fraction of sp³-hybridized carbons (Fsp3) is 0.357. The van der Waals surface area contributed by atoms with Crippen LogP contribution >= 0.6 is 11.3 Å². The highest BCUT2D eigenvalue weighted by Crippen LogP contribution is 2.36. The monoisotopic (exact) mass is 341 g/mol. The fourth-order valence-electron chi connectivity index (χ4n) is 2.47. The maximum absolute atomic E-state index is 12.6. The number of rotatable bonds is 5. The quantitative estimate of drug-likeness (QED) is 0.896. The third kappa shape index (κ3) is 2.32. The molecule has 3 rings (SSSR count). The molecule has 118 valence electrons. The standard InChI is InChI=1S/C14H15NO5S2/c1-2-20-14(13(16)17)8-15(9-14)22(18,19)12-7-10-5-3-4-6-11(10)21-12/h3-7H,2,8-9H2,1H3,(H,16,17). The van der Waals surface area contributed by atoms with E-state index in [-0.39, 0.29) is 23.9 Å². The highest BCUT2D eigenvalue weighted by molar-refractivity contribution is 7.91. The average Bonchev–Trinajstić information content (AvgIpc) is 2.86. The predicted octanol–water partition coefficient (Wildman–Crippen LogP) is 1.77. The lowest BCUT2D eigenvalue weighted by Crippen LogP contribution is -2.68. The van der Waals surface area contributed by atoms with Gasteiger partial charge in [0.15, 0.2) is 5.60 Å². The third-order valence-electron chi connectivity index (χ3n) is 3.67. The molecule has 0 atom stereocenters. The molecule has 1 aromatic heterocycles. The van der Waals surface area contributed by atoms with Gasteiger partial charge < -0.3 is 9.84 Å². The molecule has 2 heterocycles. The summed E-state index contributed by atoms with van der Waals surface area (Å²) in [4.78, 5) is 11.3. The van der Waals surface area contributed by atoms with Crippen molar-refractivity contribution in [3.8, 4) is 0 Å². The number of benzene rings is 1. The lowest BCUT2D eigenvalue weighted by Gasteiger charge is -2.44. The van der Waals surface area contributed by atoms with Crippen LogP contribution in [0.25, 0.3) is 10.1 Å². The van der Waals surface area contributed by atoms with E-state index in [4.69, 9.17) is 4.74 Å². The number of fused-ring (bicyclic) bond motifs is 1. The molecule has 0 bridgehead atoms. The molecular formula is C14H15NO5S2. The lowest BCUT2D eigenvalue weighted by molar-refractivity contribution is -0.181. The first kappa shape index (κ1) is 15.4. The molecule has 6 nitrogen and oxygen atoms in total. The number of nitrogens with zero attached hydrogens (tertiary/aromatic N) is 1. The summed E-state index contributed by atoms with van der Waals surface area (Å²) in [7, 11) is -3.68. The fourth-order valence-corrected chi connectivity index (χ4v) is 5.56. The van der Waals surface area contributed by atoms with Crippen LogP contribution in [0.3, 0.4) is 0 Å². The molecule has 1 aliphatic heterocycles. The minimum atomic E-state index is -3.68. The van der Waals surface area contributed by atoms with Gasteiger partial charge in [-0.1, -0.05) is 18.2 Å². The molecule has 0 aliphatic carbocycles. The highest BCUT2D eigenvalue weighted by Gasteiger charge is 2.55. The number of carboxylic acids is 1. The van der Waals surface area contributed by atoms with Crippen molar-refractivity contribution in [3.05, 3.63) is 30.3 Å². The Kier molecular flexibility index (Phi) is 3.72. The van der Waals surface area contributed by atoms with E-state index >= 15 is 0 Å². The predicted molar refractivity (Wildman–Crippen MR) is 82.6 cm³/mol. The summed E-state index contributed by atoms with van der Waals surface area (Å²) in [5.41, 5.74) is -1.42. The van der Waals surface area contributed by atoms with Crippen molar-refractivity contribution >= 4 is 37.4 Å². The normalized spacial score (nSPS) is 18.2. The molecular weight excluding hydrogens is 326 g/mol. The number of aliphatic carboxylic acids is 1. The number of carboxylic acid groups (broad SMARTS) is 1. The molecule has 1 N–H and O–H groups in total. The van der Waals surface area contributed by atoms with Crippen molar-refractivity contribution in [2.75, 3.05) is 19.7 Å². The van der Waals surface area contributed by atoms with Crippen LogP contribution in [0.5, 0.6) is 0 Å². The van der Waals surface area contributed by atoms with Crippen molar-refractivity contribution in [2.45, 2.75) is 16.7 Å². The Morgan fingerprint density at radius 2 is 2.09 bits per heavy atom. The Labute approximate surface area is 132 Å². The van der Waals surface area contributed by atoms with Crippen LogP contribution in [-0.2, 0) is 19.6 Å². The topological polar surface area (TPSA) is 83.9 Å². The summed E-state index contributed by atoms with van der Waals surface area (Å²) in [6.07, 6.45) is 0. The van der Waals surface area contributed by atoms with Gasteiger partial charge in [0.05, 0.1) is 13.1 Å². The first-order valence-electron chi connectivity index (χ1n) is 6.75. The van der Waals surface area contributed by atoms with E-state index in [9.17, 15) is 18.3 Å². The Bertz CT molecular complexity index is 788. The second kappa shape index (κ2) is 5.31. The third-order valence-corrected chi connectivity index (χ3v) is 7.03. The summed E-state index contributed by atoms with van der Waals surface area (Å²) in [5, 5.41) is 10.1. The summed E-state index contributed by atoms with van der Waals surface area (Å²) < 4.78 is 32.7. The van der Waals surface area contributed by atoms with Crippen LogP contribution in [-0.4, -0.2) is 49.1 Å². The first-order valence-corrected chi connectivity index (χ1v) is 9.01. The summed E-state index contributed by atoms with van der Waals surface area (Å²) >= 11 is 1.19. The van der Waals surface area contributed by atoms with E-state index < -0.39 is 21.6 Å². The zero-order valence-corrected chi connectivity index (χ0v) is 13.5. The van der Waals surface area contributed by atoms with E-state index in [1.54, 1.807) is 13.0 Å². The molecule has 22 heavy (non-hydrogen) atoms. The minimum absolute atomic E-state index is 0.160. The second-order valence-electron chi connectivity index (χ2n) is 5.11. The van der Waals surface area contributed by atoms with Gasteiger partial charge in [0, 0.05) is 11.3 Å². The van der Waals surface area contributed by atoms with E-state index in [1.165, 1.54) is 11.3 Å². The Morgan fingerprint density at radius 3 is 2.68 bits per heavy atom. The van der Waals surface area contributed by atoms with Crippen LogP contribution in [0.4, 0.5) is 0 Å². The van der Waals surface area contributed by atoms with Crippen LogP contribution in [0, 0.1) is 0 Å². The van der Waals surface area contributed by atoms with Crippen molar-refractivity contribution in [2.24, 2.45) is 0 Å². The van der Waals surface area contributed by atoms with Gasteiger partial charge in [-0.2, -0.15) is 4.31 Å². The Hall–Kier alpha value is -1.48.